The summed E-state index contributed by atoms with van der Waals surface area (Å²) in [5, 5.41) is 10.2. The van der Waals surface area contributed by atoms with E-state index in [2.05, 4.69) is 49.3 Å². The number of piperidine rings is 1. The van der Waals surface area contributed by atoms with Gasteiger partial charge in [-0.1, -0.05) is 6.92 Å². The third-order valence-corrected chi connectivity index (χ3v) is 5.66. The molecule has 2 aliphatic rings. The summed E-state index contributed by atoms with van der Waals surface area (Å²) in [6, 6.07) is 0. The van der Waals surface area contributed by atoms with Crippen LogP contribution in [-0.2, 0) is 4.79 Å². The Bertz CT molecular complexity index is 867. The molecule has 2 aromatic heterocycles. The molecule has 1 amide bonds. The van der Waals surface area contributed by atoms with Crippen LogP contribution in [0.5, 0.6) is 0 Å². The second-order valence-corrected chi connectivity index (χ2v) is 7.57. The van der Waals surface area contributed by atoms with E-state index in [-0.39, 0.29) is 23.7 Å². The number of nitrogens with one attached hydrogen (secondary N) is 2. The van der Waals surface area contributed by atoms with Gasteiger partial charge in [0.05, 0.1) is 11.9 Å². The molecule has 0 aliphatic carbocycles. The lowest BCUT2D eigenvalue weighted by molar-refractivity contribution is -0.121. The highest BCUT2D eigenvalue weighted by Crippen LogP contribution is 2.40. The number of amides is 1. The monoisotopic (exact) mass is 367 g/mol. The molecule has 4 heterocycles. The van der Waals surface area contributed by atoms with Gasteiger partial charge in [0.25, 0.3) is 0 Å². The molecule has 0 radical (unpaired) electrons. The van der Waals surface area contributed by atoms with Crippen molar-refractivity contribution >= 4 is 23.8 Å². The van der Waals surface area contributed by atoms with E-state index >= 15 is 0 Å². The SMILES string of the molecule is Cc1[nH]nc2c1C(C)C(c1cncc(NC(=O)C3CCN(C)CC3)n1)C=N2. The highest BCUT2D eigenvalue weighted by atomic mass is 16.1. The van der Waals surface area contributed by atoms with Crippen LogP contribution in [0.15, 0.2) is 17.4 Å². The summed E-state index contributed by atoms with van der Waals surface area (Å²) in [5.41, 5.74) is 2.95. The zero-order valence-electron chi connectivity index (χ0n) is 15.9. The van der Waals surface area contributed by atoms with Gasteiger partial charge in [0.1, 0.15) is 0 Å². The molecule has 8 heteroatoms. The first kappa shape index (κ1) is 17.8. The van der Waals surface area contributed by atoms with Crippen molar-refractivity contribution in [1.29, 1.82) is 0 Å². The van der Waals surface area contributed by atoms with Crippen LogP contribution in [0.3, 0.4) is 0 Å². The Labute approximate surface area is 158 Å². The lowest BCUT2D eigenvalue weighted by Gasteiger charge is -2.28. The molecule has 0 bridgehead atoms. The number of nitrogens with zero attached hydrogens (tertiary/aromatic N) is 5. The molecule has 2 aromatic rings. The number of carbonyl (C=O) groups is 1. The number of rotatable bonds is 3. The number of hydrogen-bond acceptors (Lipinski definition) is 6. The van der Waals surface area contributed by atoms with E-state index < -0.39 is 0 Å². The fraction of sp³-hybridized carbons (Fsp3) is 0.526. The molecule has 8 nitrogen and oxygen atoms in total. The third kappa shape index (κ3) is 3.49. The van der Waals surface area contributed by atoms with Crippen molar-refractivity contribution in [3.05, 3.63) is 29.3 Å². The highest BCUT2D eigenvalue weighted by molar-refractivity contribution is 5.91. The van der Waals surface area contributed by atoms with E-state index in [0.29, 0.717) is 5.82 Å². The Balaban J connectivity index is 1.50. The molecule has 0 aromatic carbocycles. The summed E-state index contributed by atoms with van der Waals surface area (Å²) in [5.74, 6) is 1.51. The Kier molecular flexibility index (Phi) is 4.73. The number of aliphatic imine (C=N–C) groups is 1. The average Bonchev–Trinajstić information content (AvgIpc) is 3.04. The van der Waals surface area contributed by atoms with Crippen molar-refractivity contribution in [3.8, 4) is 0 Å². The molecule has 142 valence electrons. The number of aromatic amines is 1. The van der Waals surface area contributed by atoms with Gasteiger partial charge in [0, 0.05) is 41.4 Å². The van der Waals surface area contributed by atoms with Gasteiger partial charge >= 0.3 is 0 Å². The topological polar surface area (TPSA) is 99.2 Å². The smallest absolute Gasteiger partial charge is 0.228 e. The van der Waals surface area contributed by atoms with Crippen molar-refractivity contribution < 1.29 is 4.79 Å². The lowest BCUT2D eigenvalue weighted by atomic mass is 9.84. The summed E-state index contributed by atoms with van der Waals surface area (Å²) in [6.07, 6.45) is 6.99. The molecule has 1 saturated heterocycles. The predicted octanol–water partition coefficient (Wildman–Crippen LogP) is 2.39. The average molecular weight is 367 g/mol. The summed E-state index contributed by atoms with van der Waals surface area (Å²) in [7, 11) is 2.09. The van der Waals surface area contributed by atoms with Crippen molar-refractivity contribution in [2.75, 3.05) is 25.5 Å². The van der Waals surface area contributed by atoms with Crippen LogP contribution in [0, 0.1) is 12.8 Å². The van der Waals surface area contributed by atoms with Gasteiger partial charge in [-0.15, -0.1) is 0 Å². The molecule has 27 heavy (non-hydrogen) atoms. The number of hydrogen-bond donors (Lipinski definition) is 2. The van der Waals surface area contributed by atoms with Gasteiger partial charge in [-0.2, -0.15) is 5.10 Å². The Morgan fingerprint density at radius 3 is 2.85 bits per heavy atom. The Morgan fingerprint density at radius 1 is 1.30 bits per heavy atom. The minimum Gasteiger partial charge on any atom is -0.309 e. The van der Waals surface area contributed by atoms with Gasteiger partial charge in [0.15, 0.2) is 11.6 Å². The van der Waals surface area contributed by atoms with E-state index in [1.807, 2.05) is 13.1 Å². The molecule has 0 saturated carbocycles. The molecular weight excluding hydrogens is 342 g/mol. The second kappa shape index (κ2) is 7.19. The molecule has 4 rings (SSSR count). The van der Waals surface area contributed by atoms with Crippen LogP contribution in [0.4, 0.5) is 11.6 Å². The lowest BCUT2D eigenvalue weighted by Crippen LogP contribution is -2.36. The van der Waals surface area contributed by atoms with E-state index in [9.17, 15) is 4.79 Å². The highest BCUT2D eigenvalue weighted by Gasteiger charge is 2.30. The fourth-order valence-electron chi connectivity index (χ4n) is 3.96. The normalized spacial score (nSPS) is 23.2. The molecule has 0 spiro atoms. The summed E-state index contributed by atoms with van der Waals surface area (Å²) in [6.45, 7) is 6.05. The van der Waals surface area contributed by atoms with Crippen LogP contribution in [0.25, 0.3) is 0 Å². The maximum atomic E-state index is 12.6. The van der Waals surface area contributed by atoms with Crippen molar-refractivity contribution in [3.63, 3.8) is 0 Å². The molecule has 2 N–H and O–H groups in total. The summed E-state index contributed by atoms with van der Waals surface area (Å²) in [4.78, 5) is 28.2. The number of fused-ring (bicyclic) bond motifs is 1. The van der Waals surface area contributed by atoms with Crippen molar-refractivity contribution in [2.45, 2.75) is 38.5 Å². The number of carbonyl (C=O) groups excluding carboxylic acids is 1. The summed E-state index contributed by atoms with van der Waals surface area (Å²) < 4.78 is 0. The molecule has 2 aliphatic heterocycles. The minimum atomic E-state index is 0.00137. The first-order valence-corrected chi connectivity index (χ1v) is 9.43. The third-order valence-electron chi connectivity index (χ3n) is 5.66. The van der Waals surface area contributed by atoms with Crippen LogP contribution in [0.2, 0.25) is 0 Å². The van der Waals surface area contributed by atoms with Crippen LogP contribution < -0.4 is 5.32 Å². The Hall–Kier alpha value is -2.61. The number of H-pyrrole nitrogens is 1. The Morgan fingerprint density at radius 2 is 2.07 bits per heavy atom. The molecular formula is C19H25N7O. The molecule has 1 fully saturated rings. The number of aryl methyl sites for hydroxylation is 1. The molecule has 2 atom stereocenters. The van der Waals surface area contributed by atoms with E-state index in [4.69, 9.17) is 0 Å². The van der Waals surface area contributed by atoms with E-state index in [1.165, 1.54) is 0 Å². The van der Waals surface area contributed by atoms with Crippen molar-refractivity contribution in [1.82, 2.24) is 25.1 Å². The fourth-order valence-corrected chi connectivity index (χ4v) is 3.96. The number of anilines is 1. The maximum Gasteiger partial charge on any atom is 0.228 e. The second-order valence-electron chi connectivity index (χ2n) is 7.57. The first-order chi connectivity index (χ1) is 13.0. The predicted molar refractivity (Wildman–Crippen MR) is 104 cm³/mol. The number of aromatic nitrogens is 4. The number of likely N-dealkylation sites (tertiary alicyclic amines) is 1. The largest absolute Gasteiger partial charge is 0.309 e. The van der Waals surface area contributed by atoms with Crippen molar-refractivity contribution in [2.24, 2.45) is 10.9 Å². The zero-order valence-corrected chi connectivity index (χ0v) is 15.9. The van der Waals surface area contributed by atoms with E-state index in [1.54, 1.807) is 12.4 Å². The quantitative estimate of drug-likeness (QED) is 0.868. The first-order valence-electron chi connectivity index (χ1n) is 9.43. The van der Waals surface area contributed by atoms with Crippen LogP contribution in [-0.4, -0.2) is 57.3 Å². The van der Waals surface area contributed by atoms with Crippen LogP contribution in [0.1, 0.15) is 48.6 Å². The zero-order chi connectivity index (χ0) is 19.0. The van der Waals surface area contributed by atoms with Gasteiger partial charge in [0.2, 0.25) is 5.91 Å². The summed E-state index contributed by atoms with van der Waals surface area (Å²) >= 11 is 0. The minimum absolute atomic E-state index is 0.00137. The van der Waals surface area contributed by atoms with Crippen LogP contribution >= 0.6 is 0 Å². The van der Waals surface area contributed by atoms with Gasteiger partial charge < -0.3 is 10.2 Å². The van der Waals surface area contributed by atoms with Gasteiger partial charge in [-0.05, 0) is 39.9 Å². The molecule has 2 unspecified atom stereocenters. The van der Waals surface area contributed by atoms with Gasteiger partial charge in [-0.3, -0.25) is 14.9 Å². The maximum absolute atomic E-state index is 12.6. The standard InChI is InChI=1S/C19H25N7O/c1-11-14(8-21-18-17(11)12(2)24-25-18)15-9-20-10-16(22-15)23-19(27)13-4-6-26(3)7-5-13/h8-11,13-14H,4-7H2,1-3H3,(H,24,25)(H,22,23,27). The van der Waals surface area contributed by atoms with E-state index in [0.717, 1.165) is 48.7 Å². The van der Waals surface area contributed by atoms with Gasteiger partial charge in [-0.25, -0.2) is 9.98 Å².